The predicted octanol–water partition coefficient (Wildman–Crippen LogP) is -5.42. The molecule has 0 atom stereocenters. The minimum atomic E-state index is -3.11. The van der Waals surface area contributed by atoms with Gasteiger partial charge in [0.2, 0.25) is 0 Å². The molecule has 0 unspecified atom stereocenters. The van der Waals surface area contributed by atoms with E-state index in [0.717, 1.165) is 0 Å². The summed E-state index contributed by atoms with van der Waals surface area (Å²) in [5.41, 5.74) is 0. The van der Waals surface area contributed by atoms with Crippen LogP contribution in [-0.2, 0) is 11.4 Å². The molecular formula is H4MgNNaO6S2Sr. The monoisotopic (exact) mass is 313 g/mol. The van der Waals surface area contributed by atoms with Gasteiger partial charge in [0.1, 0.15) is 0 Å². The SMILES string of the molecule is O=S([O-])[O-].O=[N+]([O-])[O-].S.[MgH2].[Na+].[Sr+2]. The Morgan fingerprint density at radius 1 is 1.17 bits per heavy atom. The average molecular weight is 313 g/mol. The maximum atomic E-state index is 8.44. The zero-order valence-electron chi connectivity index (χ0n) is 5.51. The largest absolute Gasteiger partial charge is 2.00 e. The van der Waals surface area contributed by atoms with Gasteiger partial charge in [-0.25, -0.2) is 0 Å². The maximum Gasteiger partial charge on any atom is 2.00 e. The van der Waals surface area contributed by atoms with Crippen molar-refractivity contribution in [3.05, 3.63) is 15.3 Å². The van der Waals surface area contributed by atoms with Gasteiger partial charge in [-0.3, -0.25) is 4.21 Å². The normalized spacial score (nSPS) is 4.92. The summed E-state index contributed by atoms with van der Waals surface area (Å²) in [7, 11) is 0. The van der Waals surface area contributed by atoms with Crippen LogP contribution in [0, 0.1) is 15.3 Å². The molecule has 0 N–H and O–H groups in total. The Morgan fingerprint density at radius 3 is 1.17 bits per heavy atom. The van der Waals surface area contributed by atoms with Crippen LogP contribution in [0.4, 0.5) is 0 Å². The van der Waals surface area contributed by atoms with E-state index < -0.39 is 16.4 Å². The third-order valence-corrected chi connectivity index (χ3v) is 0. The summed E-state index contributed by atoms with van der Waals surface area (Å²) in [4.78, 5) is 8.25. The first kappa shape index (κ1) is 36.4. The molecule has 12 heavy (non-hydrogen) atoms. The first-order valence-corrected chi connectivity index (χ1v) is 2.05. The van der Waals surface area contributed by atoms with E-state index in [1.54, 1.807) is 0 Å². The molecule has 7 nitrogen and oxygen atoms in total. The van der Waals surface area contributed by atoms with Crippen molar-refractivity contribution >= 4 is 93.4 Å². The van der Waals surface area contributed by atoms with Gasteiger partial charge in [0.25, 0.3) is 0 Å². The second kappa shape index (κ2) is 29.2. The van der Waals surface area contributed by atoms with Crippen molar-refractivity contribution in [3.8, 4) is 0 Å². The Hall–Kier alpha value is 2.87. The molecule has 62 valence electrons. The van der Waals surface area contributed by atoms with E-state index in [0.29, 0.717) is 0 Å². The fourth-order valence-corrected chi connectivity index (χ4v) is 0. The fraction of sp³-hybridized carbons (Fsp3) is 0. The number of rotatable bonds is 0. The number of hydrogen-bond donors (Lipinski definition) is 0. The van der Waals surface area contributed by atoms with Crippen LogP contribution in [-0.4, -0.2) is 86.9 Å². The molecule has 0 aromatic rings. The summed E-state index contributed by atoms with van der Waals surface area (Å²) in [6.07, 6.45) is 0. The van der Waals surface area contributed by atoms with Crippen LogP contribution < -0.4 is 29.6 Å². The molecule has 0 saturated heterocycles. The molecule has 0 fully saturated rings. The average Bonchev–Trinajstić information content (AvgIpc) is 1.25. The maximum absolute atomic E-state index is 8.44. The van der Waals surface area contributed by atoms with Crippen LogP contribution in [0.1, 0.15) is 0 Å². The van der Waals surface area contributed by atoms with E-state index in [1.165, 1.54) is 0 Å². The third kappa shape index (κ3) is 220. The summed E-state index contributed by atoms with van der Waals surface area (Å²) in [6.45, 7) is 0. The van der Waals surface area contributed by atoms with Crippen LogP contribution in [0.3, 0.4) is 0 Å². The molecule has 0 rings (SSSR count). The van der Waals surface area contributed by atoms with E-state index in [9.17, 15) is 0 Å². The van der Waals surface area contributed by atoms with Crippen molar-refractivity contribution in [2.75, 3.05) is 0 Å². The predicted molar refractivity (Wildman–Crippen MR) is 44.7 cm³/mol. The van der Waals surface area contributed by atoms with Gasteiger partial charge in [-0.15, -0.1) is 11.4 Å². The number of hydrogen-bond acceptors (Lipinski definition) is 6. The van der Waals surface area contributed by atoms with Crippen molar-refractivity contribution in [3.63, 3.8) is 0 Å². The van der Waals surface area contributed by atoms with Crippen LogP contribution >= 0.6 is 13.5 Å². The summed E-state index contributed by atoms with van der Waals surface area (Å²) in [5, 5.41) is 14.8. The Morgan fingerprint density at radius 2 is 1.17 bits per heavy atom. The van der Waals surface area contributed by atoms with Gasteiger partial charge < -0.3 is 24.4 Å². The molecule has 0 heterocycles. The third-order valence-electron chi connectivity index (χ3n) is 0. The van der Waals surface area contributed by atoms with E-state index in [-0.39, 0.29) is 112 Å². The van der Waals surface area contributed by atoms with Crippen LogP contribution in [0.2, 0.25) is 0 Å². The van der Waals surface area contributed by atoms with Crippen molar-refractivity contribution < 1.29 is 48.0 Å². The molecule has 0 aliphatic carbocycles. The molecule has 0 saturated carbocycles. The fourth-order valence-electron chi connectivity index (χ4n) is 0. The Balaban J connectivity index is -0.0000000112. The number of nitrogens with zero attached hydrogens (tertiary/aromatic N) is 1. The minimum Gasteiger partial charge on any atom is -0.784 e. The van der Waals surface area contributed by atoms with Gasteiger partial charge in [-0.05, 0) is 0 Å². The summed E-state index contributed by atoms with van der Waals surface area (Å²) in [5.74, 6) is 0. The van der Waals surface area contributed by atoms with Crippen LogP contribution in [0.5, 0.6) is 0 Å². The molecule has 0 bridgehead atoms. The summed E-state index contributed by atoms with van der Waals surface area (Å²) in [6, 6.07) is 0. The molecule has 0 aliphatic heterocycles. The van der Waals surface area contributed by atoms with Crippen molar-refractivity contribution in [2.24, 2.45) is 0 Å². The van der Waals surface area contributed by atoms with Crippen LogP contribution in [0.15, 0.2) is 0 Å². The quantitative estimate of drug-likeness (QED) is 0.190. The molecule has 0 amide bonds. The molecule has 0 radical (unpaired) electrons. The summed E-state index contributed by atoms with van der Waals surface area (Å²) >= 11 is -3.11. The van der Waals surface area contributed by atoms with Gasteiger partial charge in [-0.1, -0.05) is 0 Å². The van der Waals surface area contributed by atoms with Crippen molar-refractivity contribution in [2.45, 2.75) is 0 Å². The van der Waals surface area contributed by atoms with E-state index >= 15 is 0 Å². The van der Waals surface area contributed by atoms with Gasteiger partial charge in [-0.2, -0.15) is 13.5 Å². The molecule has 12 heteroatoms. The standard InChI is InChI=1S/Mg.NO3.Na.H2O3S.H2S.Sr.2H/c;2-1(3)4;;1-4(2)3;;;;/h;;;(H2,1,2,3);1H2;;;/q;-1;+1;;;+2;;/p-2. The zero-order valence-corrected chi connectivity index (χ0v) is 12.8. The van der Waals surface area contributed by atoms with Gasteiger partial charge in [0, 0.05) is 0 Å². The molecular weight excluding hydrogens is 309 g/mol. The second-order valence-electron chi connectivity index (χ2n) is 0.428. The Kier molecular flexibility index (Phi) is 88.5. The van der Waals surface area contributed by atoms with E-state index in [1.807, 2.05) is 0 Å². The smallest absolute Gasteiger partial charge is 0.784 e. The minimum absolute atomic E-state index is 0. The first-order chi connectivity index (χ1) is 3.46. The van der Waals surface area contributed by atoms with E-state index in [2.05, 4.69) is 0 Å². The van der Waals surface area contributed by atoms with Crippen molar-refractivity contribution in [1.82, 2.24) is 0 Å². The molecule has 0 spiro atoms. The van der Waals surface area contributed by atoms with Gasteiger partial charge >= 0.3 is 98.1 Å². The second-order valence-corrected chi connectivity index (χ2v) is 0.836. The van der Waals surface area contributed by atoms with Gasteiger partial charge in [0.15, 0.2) is 0 Å². The summed E-state index contributed by atoms with van der Waals surface area (Å²) < 4.78 is 25.3. The van der Waals surface area contributed by atoms with Gasteiger partial charge in [0.05, 0.1) is 5.09 Å². The molecule has 0 aromatic carbocycles. The molecule has 0 aromatic heterocycles. The molecule has 0 aliphatic rings. The first-order valence-electron chi connectivity index (χ1n) is 1.05. The zero-order chi connectivity index (χ0) is 7.15. The topological polar surface area (TPSA) is 129 Å². The Labute approximate surface area is 153 Å². The van der Waals surface area contributed by atoms with Crippen LogP contribution in [0.25, 0.3) is 0 Å². The van der Waals surface area contributed by atoms with Crippen molar-refractivity contribution in [1.29, 1.82) is 0 Å². The Bertz CT molecular complexity index is 83.5. The van der Waals surface area contributed by atoms with E-state index in [4.69, 9.17) is 28.6 Å².